The number of aliphatic hydroxyl groups excluding tert-OH is 2. The number of aliphatic hydroxyl groups is 2. The smallest absolute Gasteiger partial charge is 0.450 e. The molecule has 0 radical (unpaired) electrons. The fourth-order valence-electron chi connectivity index (χ4n) is 0.792. The lowest BCUT2D eigenvalue weighted by molar-refractivity contribution is -0.123. The van der Waals surface area contributed by atoms with E-state index in [4.69, 9.17) is 24.8 Å². The Kier molecular flexibility index (Phi) is 14.3. The zero-order valence-electron chi connectivity index (χ0n) is 10.5. The number of hydrogen-bond donors (Lipinski definition) is 3. The van der Waals surface area contributed by atoms with Crippen LogP contribution in [-0.4, -0.2) is 60.3 Å². The summed E-state index contributed by atoms with van der Waals surface area (Å²) < 4.78 is 14.1. The van der Waals surface area contributed by atoms with Gasteiger partial charge in [-0.25, -0.2) is 4.79 Å². The Labute approximate surface area is 101 Å². The minimum atomic E-state index is -1.50. The maximum absolute atomic E-state index is 9.68. The van der Waals surface area contributed by atoms with E-state index in [1.54, 1.807) is 0 Å². The molecule has 104 valence electrons. The van der Waals surface area contributed by atoms with Crippen LogP contribution in [0, 0.1) is 0 Å². The highest BCUT2D eigenvalue weighted by molar-refractivity contribution is 5.57. The Hall–Kier alpha value is -0.890. The highest BCUT2D eigenvalue weighted by Crippen LogP contribution is 1.90. The zero-order valence-corrected chi connectivity index (χ0v) is 10.5. The predicted octanol–water partition coefficient (Wildman–Crippen LogP) is 0.440. The van der Waals surface area contributed by atoms with E-state index < -0.39 is 25.5 Å². The molecule has 3 N–H and O–H groups in total. The van der Waals surface area contributed by atoms with Gasteiger partial charge in [0.2, 0.25) is 0 Å². The van der Waals surface area contributed by atoms with Crippen molar-refractivity contribution in [2.24, 2.45) is 0 Å². The number of hydrogen-bond acceptors (Lipinski definition) is 6. The predicted molar refractivity (Wildman–Crippen MR) is 59.8 cm³/mol. The molecule has 7 heteroatoms. The molecule has 17 heavy (non-hydrogen) atoms. The van der Waals surface area contributed by atoms with Gasteiger partial charge in [-0.2, -0.15) is 0 Å². The Morgan fingerprint density at radius 1 is 1.12 bits per heavy atom. The molecule has 0 bridgehead atoms. The van der Waals surface area contributed by atoms with Crippen molar-refractivity contribution in [2.45, 2.75) is 33.2 Å². The average molecular weight is 254 g/mol. The quantitative estimate of drug-likeness (QED) is 0.447. The Morgan fingerprint density at radius 2 is 1.53 bits per heavy atom. The first kappa shape index (κ1) is 18.5. The molecule has 0 aromatic carbocycles. The summed E-state index contributed by atoms with van der Waals surface area (Å²) in [5.74, 6) is 0. The van der Waals surface area contributed by atoms with Crippen molar-refractivity contribution in [1.82, 2.24) is 0 Å². The van der Waals surface area contributed by atoms with Crippen molar-refractivity contribution in [3.05, 3.63) is 0 Å². The molecular formula is C10H22O7. The molecule has 0 heterocycles. The van der Waals surface area contributed by atoms with E-state index >= 15 is 0 Å². The SMILES string of the molecule is CCOC(C)OCC.O=C(O)OC(CO)CO. The summed E-state index contributed by atoms with van der Waals surface area (Å²) in [6.45, 7) is 6.26. The monoisotopic (exact) mass is 254 g/mol. The number of carbonyl (C=O) groups is 1. The topological polar surface area (TPSA) is 105 Å². The molecule has 0 spiro atoms. The van der Waals surface area contributed by atoms with Crippen LogP contribution in [0.15, 0.2) is 0 Å². The third kappa shape index (κ3) is 15.1. The Bertz CT molecular complexity index is 164. The summed E-state index contributed by atoms with van der Waals surface area (Å²) in [6.07, 6.45) is -2.55. The van der Waals surface area contributed by atoms with Gasteiger partial charge in [-0.15, -0.1) is 0 Å². The minimum Gasteiger partial charge on any atom is -0.450 e. The van der Waals surface area contributed by atoms with Crippen LogP contribution in [0.4, 0.5) is 4.79 Å². The fourth-order valence-corrected chi connectivity index (χ4v) is 0.792. The normalized spacial score (nSPS) is 10.1. The molecule has 0 unspecified atom stereocenters. The van der Waals surface area contributed by atoms with Gasteiger partial charge in [-0.05, 0) is 20.8 Å². The van der Waals surface area contributed by atoms with Gasteiger partial charge >= 0.3 is 6.16 Å². The van der Waals surface area contributed by atoms with E-state index in [-0.39, 0.29) is 6.29 Å². The van der Waals surface area contributed by atoms with Gasteiger partial charge in [0.25, 0.3) is 0 Å². The summed E-state index contributed by atoms with van der Waals surface area (Å²) in [6, 6.07) is 0. The van der Waals surface area contributed by atoms with Gasteiger partial charge in [0.05, 0.1) is 13.2 Å². The second kappa shape index (κ2) is 13.2. The molecule has 0 aliphatic rings. The van der Waals surface area contributed by atoms with Crippen LogP contribution < -0.4 is 0 Å². The molecule has 0 saturated heterocycles. The third-order valence-corrected chi connectivity index (χ3v) is 1.48. The van der Waals surface area contributed by atoms with Crippen LogP contribution in [0.5, 0.6) is 0 Å². The number of carboxylic acid groups (broad SMARTS) is 1. The molecule has 0 amide bonds. The molecule has 0 aromatic rings. The van der Waals surface area contributed by atoms with Crippen LogP contribution in [0.1, 0.15) is 20.8 Å². The number of ether oxygens (including phenoxy) is 3. The van der Waals surface area contributed by atoms with E-state index in [2.05, 4.69) is 4.74 Å². The highest BCUT2D eigenvalue weighted by atomic mass is 16.7. The molecule has 0 atom stereocenters. The van der Waals surface area contributed by atoms with E-state index in [1.807, 2.05) is 20.8 Å². The van der Waals surface area contributed by atoms with Crippen LogP contribution in [0.2, 0.25) is 0 Å². The molecule has 7 nitrogen and oxygen atoms in total. The van der Waals surface area contributed by atoms with Crippen molar-refractivity contribution in [2.75, 3.05) is 26.4 Å². The molecule has 0 fully saturated rings. The third-order valence-electron chi connectivity index (χ3n) is 1.48. The minimum absolute atomic E-state index is 0.0370. The van der Waals surface area contributed by atoms with Gasteiger partial charge < -0.3 is 29.5 Å². The van der Waals surface area contributed by atoms with Crippen molar-refractivity contribution in [3.8, 4) is 0 Å². The summed E-state index contributed by atoms with van der Waals surface area (Å²) >= 11 is 0. The van der Waals surface area contributed by atoms with E-state index in [9.17, 15) is 4.79 Å². The second-order valence-corrected chi connectivity index (χ2v) is 2.85. The summed E-state index contributed by atoms with van der Waals surface area (Å²) in [5.41, 5.74) is 0. The molecule has 0 aromatic heterocycles. The Balaban J connectivity index is 0. The van der Waals surface area contributed by atoms with E-state index in [0.29, 0.717) is 0 Å². The lowest BCUT2D eigenvalue weighted by Crippen LogP contribution is -2.24. The van der Waals surface area contributed by atoms with Crippen molar-refractivity contribution in [3.63, 3.8) is 0 Å². The highest BCUT2D eigenvalue weighted by Gasteiger charge is 2.09. The van der Waals surface area contributed by atoms with Crippen molar-refractivity contribution in [1.29, 1.82) is 0 Å². The molecule has 0 aliphatic carbocycles. The van der Waals surface area contributed by atoms with Gasteiger partial charge in [0, 0.05) is 13.2 Å². The van der Waals surface area contributed by atoms with E-state index in [1.165, 1.54) is 0 Å². The first-order valence-electron chi connectivity index (χ1n) is 5.36. The van der Waals surface area contributed by atoms with Crippen LogP contribution in [0.25, 0.3) is 0 Å². The second-order valence-electron chi connectivity index (χ2n) is 2.85. The number of rotatable bonds is 7. The molecule has 0 rings (SSSR count). The van der Waals surface area contributed by atoms with Gasteiger partial charge in [-0.3, -0.25) is 0 Å². The molecular weight excluding hydrogens is 232 g/mol. The first-order chi connectivity index (χ1) is 8.01. The van der Waals surface area contributed by atoms with Crippen molar-refractivity contribution >= 4 is 6.16 Å². The summed E-state index contributed by atoms with van der Waals surface area (Å²) in [4.78, 5) is 9.68. The standard InChI is InChI=1S/C6H14O2.C4H8O5/c1-4-7-6(3)8-5-2;5-1-3(2-6)9-4(7)8/h6H,4-5H2,1-3H3;3,5-6H,1-2H2,(H,7,8). The maximum Gasteiger partial charge on any atom is 0.506 e. The maximum atomic E-state index is 9.68. The van der Waals surface area contributed by atoms with Gasteiger partial charge in [0.15, 0.2) is 12.4 Å². The van der Waals surface area contributed by atoms with Crippen molar-refractivity contribution < 1.29 is 34.3 Å². The lowest BCUT2D eigenvalue weighted by atomic mass is 10.4. The first-order valence-corrected chi connectivity index (χ1v) is 5.36. The molecule has 0 aliphatic heterocycles. The fraction of sp³-hybridized carbons (Fsp3) is 0.900. The lowest BCUT2D eigenvalue weighted by Gasteiger charge is -2.09. The van der Waals surface area contributed by atoms with Crippen LogP contribution >= 0.6 is 0 Å². The largest absolute Gasteiger partial charge is 0.506 e. The van der Waals surface area contributed by atoms with Crippen LogP contribution in [-0.2, 0) is 14.2 Å². The Morgan fingerprint density at radius 3 is 1.71 bits per heavy atom. The zero-order chi connectivity index (χ0) is 13.7. The summed E-state index contributed by atoms with van der Waals surface area (Å²) in [5, 5.41) is 24.4. The van der Waals surface area contributed by atoms with Gasteiger partial charge in [0.1, 0.15) is 0 Å². The summed E-state index contributed by atoms with van der Waals surface area (Å²) in [7, 11) is 0. The molecule has 0 saturated carbocycles. The van der Waals surface area contributed by atoms with E-state index in [0.717, 1.165) is 13.2 Å². The average Bonchev–Trinajstić information content (AvgIpc) is 2.27. The van der Waals surface area contributed by atoms with Crippen LogP contribution in [0.3, 0.4) is 0 Å². The van der Waals surface area contributed by atoms with Gasteiger partial charge in [-0.1, -0.05) is 0 Å².